The second kappa shape index (κ2) is 4.63. The molecule has 0 aromatic heterocycles. The number of benzene rings is 2. The van der Waals surface area contributed by atoms with E-state index in [9.17, 15) is 0 Å². The van der Waals surface area contributed by atoms with Gasteiger partial charge in [0.15, 0.2) is 6.10 Å². The summed E-state index contributed by atoms with van der Waals surface area (Å²) in [5.41, 5.74) is 6.54. The summed E-state index contributed by atoms with van der Waals surface area (Å²) < 4.78 is 6.06. The van der Waals surface area contributed by atoms with E-state index >= 15 is 0 Å². The zero-order valence-corrected chi connectivity index (χ0v) is 10.7. The molecular weight excluding hydrogens is 246 g/mol. The largest absolute Gasteiger partial charge is 0.479 e. The molecule has 2 nitrogen and oxygen atoms in total. The van der Waals surface area contributed by atoms with E-state index < -0.39 is 0 Å². The van der Waals surface area contributed by atoms with E-state index in [1.54, 1.807) is 0 Å². The highest BCUT2D eigenvalue weighted by molar-refractivity contribution is 6.30. The van der Waals surface area contributed by atoms with Gasteiger partial charge in [0.2, 0.25) is 0 Å². The molecule has 3 heteroatoms. The first-order valence-electron chi connectivity index (χ1n) is 6.07. The highest BCUT2D eigenvalue weighted by Crippen LogP contribution is 2.34. The molecule has 1 aliphatic rings. The molecule has 2 atom stereocenters. The zero-order valence-electron chi connectivity index (χ0n) is 9.97. The summed E-state index contributed by atoms with van der Waals surface area (Å²) in [6.45, 7) is 0. The van der Waals surface area contributed by atoms with E-state index in [0.717, 1.165) is 22.8 Å². The Balaban J connectivity index is 1.95. The van der Waals surface area contributed by atoms with Crippen molar-refractivity contribution < 1.29 is 10.5 Å². The van der Waals surface area contributed by atoms with E-state index in [4.69, 9.17) is 16.3 Å². The Morgan fingerprint density at radius 1 is 1.11 bits per heavy atom. The normalized spacial score (nSPS) is 22.1. The number of quaternary nitrogens is 1. The molecule has 0 bridgehead atoms. The van der Waals surface area contributed by atoms with E-state index in [-0.39, 0.29) is 12.1 Å². The van der Waals surface area contributed by atoms with Gasteiger partial charge in [0.1, 0.15) is 11.8 Å². The van der Waals surface area contributed by atoms with Crippen LogP contribution in [-0.2, 0) is 6.42 Å². The van der Waals surface area contributed by atoms with Crippen LogP contribution in [0.2, 0.25) is 5.02 Å². The monoisotopic (exact) mass is 260 g/mol. The van der Waals surface area contributed by atoms with Gasteiger partial charge >= 0.3 is 0 Å². The van der Waals surface area contributed by atoms with Gasteiger partial charge in [-0.25, -0.2) is 0 Å². The fourth-order valence-corrected chi connectivity index (χ4v) is 2.62. The zero-order chi connectivity index (χ0) is 12.5. The number of fused-ring (bicyclic) bond motifs is 1. The summed E-state index contributed by atoms with van der Waals surface area (Å²) in [7, 11) is 0. The van der Waals surface area contributed by atoms with Gasteiger partial charge in [-0.15, -0.1) is 0 Å². The first-order chi connectivity index (χ1) is 8.74. The standard InChI is InChI=1S/C15H14ClNO/c16-12-6-7-14-11(8-12)9-13(17)15(18-14)10-4-2-1-3-5-10/h1-8,13,15H,9,17H2/p+1/t13-,15-/m0/s1. The lowest BCUT2D eigenvalue weighted by molar-refractivity contribution is -0.438. The van der Waals surface area contributed by atoms with Gasteiger partial charge in [-0.05, 0) is 23.8 Å². The van der Waals surface area contributed by atoms with E-state index in [1.807, 2.05) is 36.4 Å². The van der Waals surface area contributed by atoms with Gasteiger partial charge in [-0.1, -0.05) is 41.9 Å². The van der Waals surface area contributed by atoms with Gasteiger partial charge in [-0.2, -0.15) is 0 Å². The molecule has 18 heavy (non-hydrogen) atoms. The molecule has 3 rings (SSSR count). The third-order valence-electron chi connectivity index (χ3n) is 3.31. The Kier molecular flexibility index (Phi) is 2.98. The predicted molar refractivity (Wildman–Crippen MR) is 71.6 cm³/mol. The van der Waals surface area contributed by atoms with Crippen molar-refractivity contribution in [2.45, 2.75) is 18.6 Å². The second-order valence-corrected chi connectivity index (χ2v) is 5.10. The van der Waals surface area contributed by atoms with Crippen LogP contribution in [0.3, 0.4) is 0 Å². The predicted octanol–water partition coefficient (Wildman–Crippen LogP) is 2.63. The first-order valence-corrected chi connectivity index (χ1v) is 6.45. The Morgan fingerprint density at radius 3 is 2.67 bits per heavy atom. The summed E-state index contributed by atoms with van der Waals surface area (Å²) in [6, 6.07) is 16.2. The average molecular weight is 261 g/mol. The van der Waals surface area contributed by atoms with Crippen LogP contribution < -0.4 is 10.5 Å². The lowest BCUT2D eigenvalue weighted by Gasteiger charge is -2.29. The number of hydrogen-bond donors (Lipinski definition) is 1. The topological polar surface area (TPSA) is 36.9 Å². The van der Waals surface area contributed by atoms with Gasteiger partial charge in [0.25, 0.3) is 0 Å². The molecule has 1 heterocycles. The SMILES string of the molecule is [NH3+][C@H]1Cc2cc(Cl)ccc2O[C@H]1c1ccccc1. The van der Waals surface area contributed by atoms with Gasteiger partial charge in [-0.3, -0.25) is 0 Å². The van der Waals surface area contributed by atoms with Crippen molar-refractivity contribution in [3.05, 3.63) is 64.7 Å². The molecule has 0 saturated heterocycles. The van der Waals surface area contributed by atoms with E-state index in [0.29, 0.717) is 0 Å². The molecule has 0 saturated carbocycles. The Hall–Kier alpha value is -1.51. The van der Waals surface area contributed by atoms with Crippen LogP contribution in [0.25, 0.3) is 0 Å². The van der Waals surface area contributed by atoms with Crippen LogP contribution in [0.1, 0.15) is 17.2 Å². The molecule has 0 fully saturated rings. The molecule has 2 aromatic rings. The summed E-state index contributed by atoms with van der Waals surface area (Å²) in [5, 5.41) is 0.753. The van der Waals surface area contributed by atoms with Crippen molar-refractivity contribution in [2.75, 3.05) is 0 Å². The molecule has 1 aliphatic heterocycles. The van der Waals surface area contributed by atoms with Gasteiger partial charge in [0.05, 0.1) is 0 Å². The molecule has 0 radical (unpaired) electrons. The van der Waals surface area contributed by atoms with Gasteiger partial charge in [0, 0.05) is 17.0 Å². The minimum absolute atomic E-state index is 0.0277. The van der Waals surface area contributed by atoms with Gasteiger partial charge < -0.3 is 10.5 Å². The van der Waals surface area contributed by atoms with Crippen LogP contribution in [-0.4, -0.2) is 6.04 Å². The average Bonchev–Trinajstić information content (AvgIpc) is 2.39. The molecule has 2 aromatic carbocycles. The fourth-order valence-electron chi connectivity index (χ4n) is 2.43. The van der Waals surface area contributed by atoms with Crippen molar-refractivity contribution in [2.24, 2.45) is 0 Å². The third-order valence-corrected chi connectivity index (χ3v) is 3.55. The third kappa shape index (κ3) is 2.09. The number of rotatable bonds is 1. The Labute approximate surface area is 111 Å². The van der Waals surface area contributed by atoms with E-state index in [1.165, 1.54) is 5.56 Å². The van der Waals surface area contributed by atoms with Crippen molar-refractivity contribution >= 4 is 11.6 Å². The van der Waals surface area contributed by atoms with Crippen molar-refractivity contribution in [1.29, 1.82) is 0 Å². The second-order valence-electron chi connectivity index (χ2n) is 4.67. The van der Waals surface area contributed by atoms with Crippen LogP contribution in [0.5, 0.6) is 5.75 Å². The molecule has 3 N–H and O–H groups in total. The van der Waals surface area contributed by atoms with E-state index in [2.05, 4.69) is 17.9 Å². The maximum atomic E-state index is 6.06. The van der Waals surface area contributed by atoms with Crippen molar-refractivity contribution in [3.63, 3.8) is 0 Å². The number of hydrogen-bond acceptors (Lipinski definition) is 1. The molecule has 0 aliphatic carbocycles. The Morgan fingerprint density at radius 2 is 1.89 bits per heavy atom. The summed E-state index contributed by atoms with van der Waals surface area (Å²) in [4.78, 5) is 0. The summed E-state index contributed by atoms with van der Waals surface area (Å²) in [5.74, 6) is 0.924. The minimum atomic E-state index is 0.0277. The van der Waals surface area contributed by atoms with Crippen LogP contribution >= 0.6 is 11.6 Å². The highest BCUT2D eigenvalue weighted by atomic mass is 35.5. The van der Waals surface area contributed by atoms with Crippen molar-refractivity contribution in [3.8, 4) is 5.75 Å². The molecule has 92 valence electrons. The fraction of sp³-hybridized carbons (Fsp3) is 0.200. The number of ether oxygens (including phenoxy) is 1. The van der Waals surface area contributed by atoms with Crippen LogP contribution in [0.15, 0.2) is 48.5 Å². The Bertz CT molecular complexity index is 556. The number of halogens is 1. The van der Waals surface area contributed by atoms with Crippen LogP contribution in [0, 0.1) is 0 Å². The summed E-state index contributed by atoms with van der Waals surface area (Å²) >= 11 is 6.00. The highest BCUT2D eigenvalue weighted by Gasteiger charge is 2.31. The first kappa shape index (κ1) is 11.6. The summed E-state index contributed by atoms with van der Waals surface area (Å²) in [6.07, 6.45) is 0.926. The maximum Gasteiger partial charge on any atom is 0.175 e. The molecular formula is C15H15ClNO+. The molecule has 0 spiro atoms. The maximum absolute atomic E-state index is 6.06. The van der Waals surface area contributed by atoms with Crippen LogP contribution in [0.4, 0.5) is 0 Å². The lowest BCUT2D eigenvalue weighted by Crippen LogP contribution is -2.66. The molecule has 0 amide bonds. The van der Waals surface area contributed by atoms with Crippen molar-refractivity contribution in [1.82, 2.24) is 0 Å². The quantitative estimate of drug-likeness (QED) is 0.841. The minimum Gasteiger partial charge on any atom is -0.479 e. The molecule has 0 unspecified atom stereocenters. The smallest absolute Gasteiger partial charge is 0.175 e. The lowest BCUT2D eigenvalue weighted by atomic mass is 9.93.